The van der Waals surface area contributed by atoms with Crippen LogP contribution in [0.15, 0.2) is 61.1 Å². The van der Waals surface area contributed by atoms with Crippen molar-refractivity contribution in [1.29, 1.82) is 0 Å². The number of amides is 1. The van der Waals surface area contributed by atoms with Crippen LogP contribution in [0.5, 0.6) is 5.75 Å². The maximum Gasteiger partial charge on any atom is 0.274 e. The largest absolute Gasteiger partial charge is 0.468 e. The Morgan fingerprint density at radius 2 is 1.90 bits per heavy atom. The number of carbonyl (C=O) groups excluding carboxylic acids is 1. The van der Waals surface area contributed by atoms with Crippen LogP contribution in [-0.2, 0) is 13.3 Å². The molecule has 4 aromatic rings. The molecule has 0 unspecified atom stereocenters. The van der Waals surface area contributed by atoms with Gasteiger partial charge in [0.25, 0.3) is 5.91 Å². The van der Waals surface area contributed by atoms with Gasteiger partial charge < -0.3 is 14.0 Å². The third-order valence-electron chi connectivity index (χ3n) is 4.28. The van der Waals surface area contributed by atoms with E-state index in [0.29, 0.717) is 28.0 Å². The number of imidazole rings is 1. The molecular weight excluding hydrogens is 413 g/mol. The van der Waals surface area contributed by atoms with Crippen LogP contribution in [0.2, 0.25) is 10.0 Å². The monoisotopic (exact) mass is 429 g/mol. The van der Waals surface area contributed by atoms with Gasteiger partial charge in [-0.3, -0.25) is 4.79 Å². The van der Waals surface area contributed by atoms with Gasteiger partial charge in [-0.25, -0.2) is 9.67 Å². The third kappa shape index (κ3) is 4.21. The van der Waals surface area contributed by atoms with Gasteiger partial charge in [0.2, 0.25) is 0 Å². The van der Waals surface area contributed by atoms with Crippen LogP contribution in [-0.4, -0.2) is 37.0 Å². The minimum absolute atomic E-state index is 0.0763. The van der Waals surface area contributed by atoms with Crippen molar-refractivity contribution in [3.8, 4) is 5.75 Å². The quantitative estimate of drug-likeness (QED) is 0.461. The first kappa shape index (κ1) is 19.3. The number of hydrogen-bond donors (Lipinski definition) is 0. The zero-order chi connectivity index (χ0) is 20.4. The highest BCUT2D eigenvalue weighted by Crippen LogP contribution is 2.32. The van der Waals surface area contributed by atoms with Gasteiger partial charge in [0.1, 0.15) is 5.65 Å². The Labute approximate surface area is 177 Å². The van der Waals surface area contributed by atoms with Crippen molar-refractivity contribution < 1.29 is 9.53 Å². The summed E-state index contributed by atoms with van der Waals surface area (Å²) in [6.07, 6.45) is 5.48. The Balaban J connectivity index is 1.41. The Hall–Kier alpha value is -3.03. The molecule has 29 heavy (non-hydrogen) atoms. The Bertz CT molecular complexity index is 1120. The zero-order valence-electron chi connectivity index (χ0n) is 15.5. The van der Waals surface area contributed by atoms with E-state index in [2.05, 4.69) is 10.1 Å². The lowest BCUT2D eigenvalue weighted by Gasteiger charge is -2.14. The van der Waals surface area contributed by atoms with Crippen molar-refractivity contribution >= 4 is 34.8 Å². The summed E-state index contributed by atoms with van der Waals surface area (Å²) in [6.45, 7) is 0.450. The summed E-state index contributed by atoms with van der Waals surface area (Å²) in [4.78, 5) is 18.8. The van der Waals surface area contributed by atoms with Crippen LogP contribution in [0.3, 0.4) is 0 Å². The number of para-hydroxylation sites is 1. The van der Waals surface area contributed by atoms with Gasteiger partial charge in [0.15, 0.2) is 18.2 Å². The molecular formula is C20H17Cl2N5O2. The molecule has 4 rings (SSSR count). The first-order valence-electron chi connectivity index (χ1n) is 8.79. The number of ether oxygens (including phenoxy) is 1. The van der Waals surface area contributed by atoms with Crippen LogP contribution >= 0.6 is 23.2 Å². The molecule has 0 aliphatic carbocycles. The van der Waals surface area contributed by atoms with Crippen LogP contribution < -0.4 is 4.74 Å². The van der Waals surface area contributed by atoms with Gasteiger partial charge in [-0.15, -0.1) is 0 Å². The predicted molar refractivity (Wildman–Crippen MR) is 110 cm³/mol. The maximum atomic E-state index is 12.7. The van der Waals surface area contributed by atoms with E-state index in [1.54, 1.807) is 42.4 Å². The molecule has 7 nitrogen and oxygen atoms in total. The smallest absolute Gasteiger partial charge is 0.274 e. The van der Waals surface area contributed by atoms with E-state index in [0.717, 1.165) is 11.3 Å². The molecule has 0 aliphatic rings. The lowest BCUT2D eigenvalue weighted by molar-refractivity contribution is 0.0775. The fourth-order valence-corrected chi connectivity index (χ4v) is 3.38. The van der Waals surface area contributed by atoms with E-state index in [4.69, 9.17) is 27.9 Å². The van der Waals surface area contributed by atoms with E-state index in [-0.39, 0.29) is 12.6 Å². The standard InChI is InChI=1S/C20H17Cl2N5O2/c1-25(11-14-12-26-9-3-2-7-18(26)23-14)20(28)17-8-10-27(24-17)13-29-19-15(21)5-4-6-16(19)22/h2-10,12H,11,13H2,1H3. The van der Waals surface area contributed by atoms with Crippen molar-refractivity contribution in [3.05, 3.63) is 82.5 Å². The van der Waals surface area contributed by atoms with Gasteiger partial charge in [-0.2, -0.15) is 5.10 Å². The summed E-state index contributed by atoms with van der Waals surface area (Å²) in [5.74, 6) is 0.166. The predicted octanol–water partition coefficient (Wildman–Crippen LogP) is 4.15. The molecule has 0 radical (unpaired) electrons. The van der Waals surface area contributed by atoms with Crippen molar-refractivity contribution in [1.82, 2.24) is 24.1 Å². The zero-order valence-corrected chi connectivity index (χ0v) is 17.0. The topological polar surface area (TPSA) is 64.7 Å². The first-order valence-corrected chi connectivity index (χ1v) is 9.55. The molecule has 0 saturated carbocycles. The molecule has 1 amide bonds. The number of hydrogen-bond acceptors (Lipinski definition) is 4. The van der Waals surface area contributed by atoms with Crippen LogP contribution in [0.4, 0.5) is 0 Å². The molecule has 0 aliphatic heterocycles. The molecule has 0 fully saturated rings. The van der Waals surface area contributed by atoms with Gasteiger partial charge in [0.05, 0.1) is 22.3 Å². The molecule has 0 saturated heterocycles. The summed E-state index contributed by atoms with van der Waals surface area (Å²) >= 11 is 12.2. The second-order valence-electron chi connectivity index (χ2n) is 6.42. The van der Waals surface area contributed by atoms with Crippen LogP contribution in [0.25, 0.3) is 5.65 Å². The van der Waals surface area contributed by atoms with E-state index in [1.807, 2.05) is 35.0 Å². The summed E-state index contributed by atoms with van der Waals surface area (Å²) in [5, 5.41) is 5.10. The molecule has 0 atom stereocenters. The van der Waals surface area contributed by atoms with E-state index in [9.17, 15) is 4.79 Å². The minimum atomic E-state index is -0.211. The lowest BCUT2D eigenvalue weighted by atomic mass is 10.3. The average molecular weight is 430 g/mol. The van der Waals surface area contributed by atoms with Crippen LogP contribution in [0, 0.1) is 0 Å². The summed E-state index contributed by atoms with van der Waals surface area (Å²) in [5.41, 5.74) is 1.94. The molecule has 0 spiro atoms. The van der Waals surface area contributed by atoms with Crippen molar-refractivity contribution in [3.63, 3.8) is 0 Å². The number of aromatic nitrogens is 4. The Morgan fingerprint density at radius 3 is 2.66 bits per heavy atom. The highest BCUT2D eigenvalue weighted by molar-refractivity contribution is 6.37. The van der Waals surface area contributed by atoms with Crippen molar-refractivity contribution in [2.75, 3.05) is 7.05 Å². The molecule has 0 N–H and O–H groups in total. The van der Waals surface area contributed by atoms with E-state index < -0.39 is 0 Å². The second kappa shape index (κ2) is 8.14. The molecule has 148 valence electrons. The highest BCUT2D eigenvalue weighted by atomic mass is 35.5. The summed E-state index contributed by atoms with van der Waals surface area (Å²) < 4.78 is 9.06. The molecule has 9 heteroatoms. The first-order chi connectivity index (χ1) is 14.0. The number of carbonyl (C=O) groups is 1. The number of nitrogens with zero attached hydrogens (tertiary/aromatic N) is 5. The highest BCUT2D eigenvalue weighted by Gasteiger charge is 2.17. The Morgan fingerprint density at radius 1 is 1.10 bits per heavy atom. The molecule has 0 bridgehead atoms. The Kier molecular flexibility index (Phi) is 5.42. The van der Waals surface area contributed by atoms with Crippen LogP contribution in [0.1, 0.15) is 16.2 Å². The third-order valence-corrected chi connectivity index (χ3v) is 4.87. The number of rotatable bonds is 6. The molecule has 3 heterocycles. The SMILES string of the molecule is CN(Cc1cn2ccccc2n1)C(=O)c1ccn(COc2c(Cl)cccc2Cl)n1. The van der Waals surface area contributed by atoms with Gasteiger partial charge in [-0.05, 0) is 30.3 Å². The number of pyridine rings is 1. The van der Waals surface area contributed by atoms with Gasteiger partial charge in [-0.1, -0.05) is 35.3 Å². The number of fused-ring (bicyclic) bond motifs is 1. The fourth-order valence-electron chi connectivity index (χ4n) is 2.87. The summed E-state index contributed by atoms with van der Waals surface area (Å²) in [7, 11) is 1.71. The second-order valence-corrected chi connectivity index (χ2v) is 7.24. The normalized spacial score (nSPS) is 11.0. The maximum absolute atomic E-state index is 12.7. The van der Waals surface area contributed by atoms with Crippen molar-refractivity contribution in [2.24, 2.45) is 0 Å². The molecule has 1 aromatic carbocycles. The number of halogens is 2. The number of benzene rings is 1. The van der Waals surface area contributed by atoms with E-state index in [1.165, 1.54) is 4.68 Å². The fraction of sp³-hybridized carbons (Fsp3) is 0.150. The summed E-state index contributed by atoms with van der Waals surface area (Å²) in [6, 6.07) is 12.5. The van der Waals surface area contributed by atoms with Crippen molar-refractivity contribution in [2.45, 2.75) is 13.3 Å². The minimum Gasteiger partial charge on any atom is -0.468 e. The van der Waals surface area contributed by atoms with Gasteiger partial charge in [0, 0.05) is 25.6 Å². The van der Waals surface area contributed by atoms with Gasteiger partial charge >= 0.3 is 0 Å². The van der Waals surface area contributed by atoms with E-state index >= 15 is 0 Å². The molecule has 3 aromatic heterocycles. The lowest BCUT2D eigenvalue weighted by Crippen LogP contribution is -2.27. The average Bonchev–Trinajstić information content (AvgIpc) is 3.33.